The Labute approximate surface area is 351 Å². The maximum Gasteiger partial charge on any atom is 0.165 e. The van der Waals surface area contributed by atoms with Crippen LogP contribution in [0.5, 0.6) is 0 Å². The van der Waals surface area contributed by atoms with Gasteiger partial charge in [0, 0.05) is 28.5 Å². The minimum absolute atomic E-state index is 0.594. The molecule has 2 aromatic heterocycles. The van der Waals surface area contributed by atoms with Crippen LogP contribution in [0.4, 0.5) is 0 Å². The Balaban J connectivity index is 1.00. The van der Waals surface area contributed by atoms with Gasteiger partial charge in [-0.15, -0.1) is 0 Å². The fourth-order valence-electron chi connectivity index (χ4n) is 9.45. The quantitative estimate of drug-likeness (QED) is 0.154. The van der Waals surface area contributed by atoms with Crippen molar-refractivity contribution in [2.45, 2.75) is 38.0 Å². The summed E-state index contributed by atoms with van der Waals surface area (Å²) in [5, 5.41) is 0. The van der Waals surface area contributed by atoms with Crippen molar-refractivity contribution in [2.24, 2.45) is 0 Å². The number of rotatable bonds is 8. The Morgan fingerprint density at radius 3 is 1.27 bits per heavy atom. The molecular formula is C56H42N4. The predicted octanol–water partition coefficient (Wildman–Crippen LogP) is 14.3. The Morgan fingerprint density at radius 2 is 0.767 bits per heavy atom. The molecule has 286 valence electrons. The molecule has 1 fully saturated rings. The number of pyridine rings is 1. The van der Waals surface area contributed by atoms with E-state index in [-0.39, 0.29) is 0 Å². The highest BCUT2D eigenvalue weighted by molar-refractivity contribution is 5.79. The highest BCUT2D eigenvalue weighted by Gasteiger charge is 2.36. The van der Waals surface area contributed by atoms with Crippen LogP contribution >= 0.6 is 0 Å². The van der Waals surface area contributed by atoms with Crippen molar-refractivity contribution in [3.05, 3.63) is 205 Å². The molecule has 2 bridgehead atoms. The zero-order valence-electron chi connectivity index (χ0n) is 33.5. The van der Waals surface area contributed by atoms with E-state index in [1.54, 1.807) is 5.56 Å². The standard InChI is InChI=1S/C56H42N4/c1-36-28-50(35-57-53(36)47-26-27-51-45-24-25-46(33-45)52(51)34-47)56-59-54(48-22-10-20-43(31-48)41-18-8-16-39(29-41)37-12-4-2-5-13-37)58-55(60-56)49-23-11-21-44(32-49)42-19-9-17-40(30-42)38-14-6-3-7-15-38/h2-23,26-32,34-35,45-46H,24-25,33H2,1H3. The van der Waals surface area contributed by atoms with Gasteiger partial charge in [-0.3, -0.25) is 4.98 Å². The molecule has 2 aliphatic rings. The van der Waals surface area contributed by atoms with Crippen LogP contribution in [0.2, 0.25) is 0 Å². The van der Waals surface area contributed by atoms with Gasteiger partial charge in [-0.05, 0) is 136 Å². The van der Waals surface area contributed by atoms with Crippen LogP contribution < -0.4 is 0 Å². The van der Waals surface area contributed by atoms with Gasteiger partial charge in [0.1, 0.15) is 0 Å². The summed E-state index contributed by atoms with van der Waals surface area (Å²) < 4.78 is 0. The molecule has 0 N–H and O–H groups in total. The summed E-state index contributed by atoms with van der Waals surface area (Å²) >= 11 is 0. The Kier molecular flexibility index (Phi) is 9.04. The third-order valence-corrected chi connectivity index (χ3v) is 12.5. The van der Waals surface area contributed by atoms with E-state index in [0.29, 0.717) is 23.4 Å². The first-order valence-electron chi connectivity index (χ1n) is 21.0. The molecule has 2 unspecified atom stereocenters. The molecule has 60 heavy (non-hydrogen) atoms. The lowest BCUT2D eigenvalue weighted by molar-refractivity contribution is 0.717. The molecule has 2 heterocycles. The SMILES string of the molecule is Cc1cc(-c2nc(-c3cccc(-c4cccc(-c5ccccc5)c4)c3)nc(-c3cccc(-c4cccc(-c5ccccc5)c4)c3)n2)cnc1-c1ccc2c(c1)C1CCC2C1. The molecule has 0 radical (unpaired) electrons. The first kappa shape index (κ1) is 35.8. The minimum Gasteiger partial charge on any atom is -0.255 e. The zero-order chi connectivity index (χ0) is 40.0. The van der Waals surface area contributed by atoms with E-state index >= 15 is 0 Å². The lowest BCUT2D eigenvalue weighted by atomic mass is 9.89. The van der Waals surface area contributed by atoms with Gasteiger partial charge in [0.25, 0.3) is 0 Å². The van der Waals surface area contributed by atoms with Gasteiger partial charge >= 0.3 is 0 Å². The van der Waals surface area contributed by atoms with E-state index in [1.807, 2.05) is 6.20 Å². The van der Waals surface area contributed by atoms with Crippen LogP contribution in [0.15, 0.2) is 188 Å². The topological polar surface area (TPSA) is 51.6 Å². The average Bonchev–Trinajstić information content (AvgIpc) is 3.95. The van der Waals surface area contributed by atoms with Crippen molar-refractivity contribution in [3.8, 4) is 89.9 Å². The van der Waals surface area contributed by atoms with Crippen LogP contribution in [0, 0.1) is 6.92 Å². The van der Waals surface area contributed by atoms with Crippen LogP contribution in [-0.2, 0) is 0 Å². The van der Waals surface area contributed by atoms with Gasteiger partial charge in [0.05, 0.1) is 5.69 Å². The van der Waals surface area contributed by atoms with E-state index in [0.717, 1.165) is 56.1 Å². The fourth-order valence-corrected chi connectivity index (χ4v) is 9.45. The number of nitrogens with zero attached hydrogens (tertiary/aromatic N) is 4. The number of aryl methyl sites for hydroxylation is 1. The van der Waals surface area contributed by atoms with Gasteiger partial charge in [0.2, 0.25) is 0 Å². The van der Waals surface area contributed by atoms with Gasteiger partial charge in [-0.25, -0.2) is 15.0 Å². The van der Waals surface area contributed by atoms with Crippen molar-refractivity contribution in [1.29, 1.82) is 0 Å². The van der Waals surface area contributed by atoms with Crippen molar-refractivity contribution < 1.29 is 0 Å². The first-order chi connectivity index (χ1) is 29.6. The Bertz CT molecular complexity index is 2900. The molecule has 7 aromatic carbocycles. The number of benzene rings is 7. The lowest BCUT2D eigenvalue weighted by Crippen LogP contribution is -2.02. The fraction of sp³-hybridized carbons (Fsp3) is 0.107. The summed E-state index contributed by atoms with van der Waals surface area (Å²) in [7, 11) is 0. The van der Waals surface area contributed by atoms with Crippen LogP contribution in [0.1, 0.15) is 47.8 Å². The van der Waals surface area contributed by atoms with Crippen molar-refractivity contribution >= 4 is 0 Å². The molecule has 4 heteroatoms. The van der Waals surface area contributed by atoms with E-state index < -0.39 is 0 Å². The van der Waals surface area contributed by atoms with Gasteiger partial charge < -0.3 is 0 Å². The first-order valence-corrected chi connectivity index (χ1v) is 21.0. The summed E-state index contributed by atoms with van der Waals surface area (Å²) in [5.41, 5.74) is 18.3. The molecule has 2 aliphatic carbocycles. The maximum absolute atomic E-state index is 5.20. The molecule has 0 saturated heterocycles. The second kappa shape index (κ2) is 15.1. The molecule has 1 saturated carbocycles. The third-order valence-electron chi connectivity index (χ3n) is 12.5. The maximum atomic E-state index is 5.20. The highest BCUT2D eigenvalue weighted by Crippen LogP contribution is 2.53. The molecule has 0 spiro atoms. The third kappa shape index (κ3) is 6.80. The van der Waals surface area contributed by atoms with Gasteiger partial charge in [-0.2, -0.15) is 0 Å². The number of fused-ring (bicyclic) bond motifs is 5. The van der Waals surface area contributed by atoms with Crippen molar-refractivity contribution in [2.75, 3.05) is 0 Å². The molecule has 0 amide bonds. The molecule has 11 rings (SSSR count). The van der Waals surface area contributed by atoms with Crippen molar-refractivity contribution in [1.82, 2.24) is 19.9 Å². The second-order valence-corrected chi connectivity index (χ2v) is 16.3. The summed E-state index contributed by atoms with van der Waals surface area (Å²) in [4.78, 5) is 20.6. The summed E-state index contributed by atoms with van der Waals surface area (Å²) in [5.74, 6) is 3.26. The molecule has 4 nitrogen and oxygen atoms in total. The monoisotopic (exact) mass is 770 g/mol. The Hall–Kier alpha value is -7.30. The van der Waals surface area contributed by atoms with Crippen LogP contribution in [0.3, 0.4) is 0 Å². The molecule has 9 aromatic rings. The second-order valence-electron chi connectivity index (χ2n) is 16.3. The van der Waals surface area contributed by atoms with Gasteiger partial charge in [-0.1, -0.05) is 146 Å². The molecule has 2 atom stereocenters. The molecule has 0 aliphatic heterocycles. The number of hydrogen-bond donors (Lipinski definition) is 0. The van der Waals surface area contributed by atoms with Crippen molar-refractivity contribution in [3.63, 3.8) is 0 Å². The van der Waals surface area contributed by atoms with E-state index in [9.17, 15) is 0 Å². The zero-order valence-corrected chi connectivity index (χ0v) is 33.5. The smallest absolute Gasteiger partial charge is 0.165 e. The van der Waals surface area contributed by atoms with Crippen LogP contribution in [-0.4, -0.2) is 19.9 Å². The summed E-state index contributed by atoms with van der Waals surface area (Å²) in [6.07, 6.45) is 5.88. The molecular weight excluding hydrogens is 729 g/mol. The van der Waals surface area contributed by atoms with Crippen LogP contribution in [0.25, 0.3) is 89.9 Å². The Morgan fingerprint density at radius 1 is 0.350 bits per heavy atom. The summed E-state index contributed by atoms with van der Waals surface area (Å²) in [6, 6.07) is 64.6. The normalized spacial score (nSPS) is 15.2. The largest absolute Gasteiger partial charge is 0.255 e. The minimum atomic E-state index is 0.594. The predicted molar refractivity (Wildman–Crippen MR) is 245 cm³/mol. The number of aromatic nitrogens is 4. The lowest BCUT2D eigenvalue weighted by Gasteiger charge is -2.17. The van der Waals surface area contributed by atoms with E-state index in [2.05, 4.69) is 189 Å². The summed E-state index contributed by atoms with van der Waals surface area (Å²) in [6.45, 7) is 2.15. The van der Waals surface area contributed by atoms with E-state index in [1.165, 1.54) is 52.6 Å². The van der Waals surface area contributed by atoms with E-state index in [4.69, 9.17) is 19.9 Å². The van der Waals surface area contributed by atoms with Gasteiger partial charge in [0.15, 0.2) is 17.5 Å². The average molecular weight is 771 g/mol. The number of hydrogen-bond acceptors (Lipinski definition) is 4. The highest BCUT2D eigenvalue weighted by atomic mass is 15.0.